The van der Waals surface area contributed by atoms with E-state index in [1.165, 1.54) is 38.5 Å². The van der Waals surface area contributed by atoms with Crippen LogP contribution in [0.1, 0.15) is 48.5 Å². The molecule has 186 valence electrons. The molecule has 0 saturated carbocycles. The second kappa shape index (κ2) is 2.62. The topological polar surface area (TPSA) is 0 Å². The van der Waals surface area contributed by atoms with Crippen molar-refractivity contribution in [2.24, 2.45) is 0 Å². The van der Waals surface area contributed by atoms with Crippen molar-refractivity contribution in [2.75, 3.05) is 0 Å². The summed E-state index contributed by atoms with van der Waals surface area (Å²) in [5, 5.41) is 4.31. The van der Waals surface area contributed by atoms with Crippen LogP contribution in [0.15, 0.2) is 60.7 Å². The molecule has 10 heterocycles. The second-order valence-corrected chi connectivity index (χ2v) is 48.4. The Morgan fingerprint density at radius 3 is 1.43 bits per heavy atom. The summed E-state index contributed by atoms with van der Waals surface area (Å²) in [5.74, 6) is 0. The Bertz CT molecular complexity index is 1710. The van der Waals surface area contributed by atoms with Crippen LogP contribution in [0.2, 0.25) is 42.8 Å². The standard InChI is InChI=1S/C27H35P2.C5H5.Fe/c1-21(24-19-14-20-25(24)29(26(2,3)4)27(5,6)7)28(22-15-10-8-11-16-22)23-17-12-9-13-18-23;1-2-4-5-3-1;/h8-21H,1-7H3;1-5H;/t21-;;/m0../s1. The molecule has 12 rings (SSSR count). The van der Waals surface area contributed by atoms with Crippen molar-refractivity contribution in [3.63, 3.8) is 0 Å². The predicted molar refractivity (Wildman–Crippen MR) is 150 cm³/mol. The Morgan fingerprint density at radius 1 is 0.657 bits per heavy atom. The SMILES string of the molecule is C[C@H](P(c1ccccc1)c1ccccc1)[C]12[CH]3[CH]4[CH]5[C@]1(P(C(C)(C)C)C(C)(C)C)[Fe]43521678[CH]2[CH]1[CH]6[CH]7[CH]28. The normalized spacial score (nSPS) is 68.3. The van der Waals surface area contributed by atoms with Crippen LogP contribution in [0.4, 0.5) is 0 Å². The van der Waals surface area contributed by atoms with Crippen molar-refractivity contribution in [3.8, 4) is 0 Å². The Kier molecular flexibility index (Phi) is 1.42. The first-order valence-corrected chi connectivity index (χ1v) is 23.2. The van der Waals surface area contributed by atoms with Gasteiger partial charge in [0.15, 0.2) is 0 Å². The molecule has 10 saturated heterocycles. The molecule has 2 aromatic carbocycles. The minimum atomic E-state index is -3.61. The Balaban J connectivity index is 1.18. The molecule has 10 aliphatic rings. The third-order valence-electron chi connectivity index (χ3n) is 19.6. The first-order valence-electron chi connectivity index (χ1n) is 14.2. The molecule has 3 heteroatoms. The van der Waals surface area contributed by atoms with Crippen molar-refractivity contribution in [1.29, 1.82) is 0 Å². The summed E-state index contributed by atoms with van der Waals surface area (Å²) < 4.78 is 1.79. The van der Waals surface area contributed by atoms with Crippen LogP contribution in [0.3, 0.4) is 0 Å². The summed E-state index contributed by atoms with van der Waals surface area (Å²) in [5.41, 5.74) is 0.904. The fourth-order valence-electron chi connectivity index (χ4n) is 22.4. The van der Waals surface area contributed by atoms with E-state index in [4.69, 9.17) is 0 Å². The molecule has 0 radical (unpaired) electrons. The number of benzene rings is 2. The van der Waals surface area contributed by atoms with E-state index >= 15 is 0 Å². The van der Waals surface area contributed by atoms with E-state index in [0.29, 0.717) is 10.3 Å². The van der Waals surface area contributed by atoms with E-state index in [-0.39, 0.29) is 15.8 Å². The first-order chi connectivity index (χ1) is 16.3. The maximum absolute atomic E-state index is 3.61. The van der Waals surface area contributed by atoms with Crippen LogP contribution >= 0.6 is 15.8 Å². The first kappa shape index (κ1) is 19.0. The molecule has 0 bridgehead atoms. The summed E-state index contributed by atoms with van der Waals surface area (Å²) in [7, 11) is -0.295. The summed E-state index contributed by atoms with van der Waals surface area (Å²) in [6, 6.07) is 23.8. The summed E-state index contributed by atoms with van der Waals surface area (Å²) in [6.07, 6.45) is 0. The molecule has 0 aromatic heterocycles. The van der Waals surface area contributed by atoms with Gasteiger partial charge >= 0.3 is 205 Å². The van der Waals surface area contributed by atoms with E-state index in [1.54, 1.807) is 10.6 Å². The van der Waals surface area contributed by atoms with Crippen LogP contribution < -0.4 is 10.6 Å². The molecular formula is C32H40FeP2. The Morgan fingerprint density at radius 2 is 1.09 bits per heavy atom. The second-order valence-electron chi connectivity index (χ2n) is 18.2. The van der Waals surface area contributed by atoms with Gasteiger partial charge < -0.3 is 0 Å². The van der Waals surface area contributed by atoms with Gasteiger partial charge in [-0.05, 0) is 0 Å². The van der Waals surface area contributed by atoms with Gasteiger partial charge in [0.25, 0.3) is 0 Å². The predicted octanol–water partition coefficient (Wildman–Crippen LogP) is 9.25. The molecule has 1 spiro atoms. The average Bonchev–Trinajstić information content (AvgIpc) is 3.73. The monoisotopic (exact) mass is 542 g/mol. The van der Waals surface area contributed by atoms with Gasteiger partial charge in [0.2, 0.25) is 0 Å². The van der Waals surface area contributed by atoms with Gasteiger partial charge in [-0.15, -0.1) is 0 Å². The fourth-order valence-corrected chi connectivity index (χ4v) is 123. The molecule has 10 aliphatic heterocycles. The number of hydrogen-bond donors (Lipinski definition) is 0. The summed E-state index contributed by atoms with van der Waals surface area (Å²) in [4.78, 5) is 10.9. The fraction of sp³-hybridized carbons (Fsp3) is 0.625. The van der Waals surface area contributed by atoms with Gasteiger partial charge in [-0.1, -0.05) is 0 Å². The Hall–Kier alpha value is -0.181. The Labute approximate surface area is 204 Å². The van der Waals surface area contributed by atoms with Crippen LogP contribution in [0.25, 0.3) is 0 Å². The van der Waals surface area contributed by atoms with Gasteiger partial charge in [-0.25, -0.2) is 0 Å². The van der Waals surface area contributed by atoms with Crippen LogP contribution in [-0.4, -0.2) is 20.0 Å². The van der Waals surface area contributed by atoms with Gasteiger partial charge in [-0.2, -0.15) is 0 Å². The molecule has 0 nitrogen and oxygen atoms in total. The molecule has 6 atom stereocenters. The zero-order valence-electron chi connectivity index (χ0n) is 22.2. The van der Waals surface area contributed by atoms with Gasteiger partial charge in [0, 0.05) is 0 Å². The maximum atomic E-state index is 2.85. The molecule has 0 aliphatic carbocycles. The van der Waals surface area contributed by atoms with Gasteiger partial charge in [0.1, 0.15) is 0 Å². The van der Waals surface area contributed by atoms with E-state index < -0.39 is 6.51 Å². The summed E-state index contributed by atoms with van der Waals surface area (Å²) in [6.45, 7) is 15.4. The van der Waals surface area contributed by atoms with Gasteiger partial charge in [0.05, 0.1) is 0 Å². The third-order valence-corrected chi connectivity index (χ3v) is 74.0. The molecular weight excluding hydrogens is 502 g/mol. The van der Waals surface area contributed by atoms with Crippen LogP contribution in [0, 0.1) is 0 Å². The zero-order valence-corrected chi connectivity index (χ0v) is 25.1. The van der Waals surface area contributed by atoms with Crippen LogP contribution in [0.5, 0.6) is 0 Å². The van der Waals surface area contributed by atoms with Crippen molar-refractivity contribution in [1.82, 2.24) is 0 Å². The zero-order chi connectivity index (χ0) is 23.9. The molecule has 4 unspecified atom stereocenters. The number of rotatable bonds is 5. The molecule has 35 heavy (non-hydrogen) atoms. The molecule has 0 amide bonds. The van der Waals surface area contributed by atoms with E-state index in [0.717, 1.165) is 14.0 Å². The van der Waals surface area contributed by atoms with E-state index in [2.05, 4.69) is 109 Å². The average molecular weight is 542 g/mol. The van der Waals surface area contributed by atoms with Gasteiger partial charge in [-0.3, -0.25) is 0 Å². The summed E-state index contributed by atoms with van der Waals surface area (Å²) >= 11 is 0. The molecule has 10 fully saturated rings. The van der Waals surface area contributed by atoms with Crippen molar-refractivity contribution < 1.29 is 6.51 Å². The van der Waals surface area contributed by atoms with E-state index in [9.17, 15) is 0 Å². The number of hydrogen-bond acceptors (Lipinski definition) is 0. The minimum absolute atomic E-state index is 0.00659. The third kappa shape index (κ3) is 0.440. The van der Waals surface area contributed by atoms with Crippen molar-refractivity contribution >= 4 is 26.5 Å². The van der Waals surface area contributed by atoms with Crippen LogP contribution in [-0.2, 0) is 6.51 Å². The van der Waals surface area contributed by atoms with Crippen molar-refractivity contribution in [3.05, 3.63) is 60.7 Å². The van der Waals surface area contributed by atoms with E-state index in [1.807, 2.05) is 0 Å². The quantitative estimate of drug-likeness (QED) is 0.261. The van der Waals surface area contributed by atoms with Crippen molar-refractivity contribution in [2.45, 2.75) is 111 Å². The number of fused-ring (bicyclic) bond motifs is 10. The molecule has 0 N–H and O–H groups in total. The molecule has 2 aromatic rings.